The summed E-state index contributed by atoms with van der Waals surface area (Å²) in [4.78, 5) is 53.7. The van der Waals surface area contributed by atoms with Gasteiger partial charge < -0.3 is 69.9 Å². The molecule has 3 unspecified atom stereocenters. The number of hydrogen-bond donors (Lipinski definition) is 2. The van der Waals surface area contributed by atoms with E-state index in [9.17, 15) is 29.1 Å². The van der Waals surface area contributed by atoms with E-state index in [1.165, 1.54) is 6.92 Å². The second-order valence-electron chi connectivity index (χ2n) is 16.5. The minimum atomic E-state index is -2.11. The first kappa shape index (κ1) is 74.3. The lowest BCUT2D eigenvalue weighted by Gasteiger charge is -2.23. The van der Waals surface area contributed by atoms with E-state index in [2.05, 4.69) is 39.4 Å². The van der Waals surface area contributed by atoms with Crippen LogP contribution in [-0.2, 0) is 83.7 Å². The number of rotatable bonds is 34. The molecule has 0 radical (unpaired) electrons. The Balaban J connectivity index is -0.000000433. The number of aliphatic hydroxyl groups is 1. The number of carboxylic acid groups (broad SMARTS) is 1. The zero-order valence-electron chi connectivity index (χ0n) is 45.0. The van der Waals surface area contributed by atoms with Crippen LogP contribution in [0.2, 0.25) is 37.8 Å². The summed E-state index contributed by atoms with van der Waals surface area (Å²) in [6, 6.07) is 2.58. The van der Waals surface area contributed by atoms with Gasteiger partial charge in [0.1, 0.15) is 25.4 Å². The van der Waals surface area contributed by atoms with Crippen molar-refractivity contribution in [2.75, 3.05) is 102 Å². The van der Waals surface area contributed by atoms with Crippen LogP contribution in [0.25, 0.3) is 0 Å². The Bertz CT molecular complexity index is 1550. The molecule has 1 rings (SSSR count). The fraction of sp³-hybridized carbons (Fsp3) is 0.681. The molecule has 1 aliphatic rings. The van der Waals surface area contributed by atoms with Crippen LogP contribution in [0.1, 0.15) is 53.9 Å². The molecule has 71 heavy (non-hydrogen) atoms. The largest absolute Gasteiger partial charge is 0.478 e. The molecule has 1 fully saturated rings. The maximum Gasteiger partial charge on any atom is 0.334 e. The predicted molar refractivity (Wildman–Crippen MR) is 278 cm³/mol. The maximum atomic E-state index is 11.7. The first-order chi connectivity index (χ1) is 33.0. The van der Waals surface area contributed by atoms with Crippen molar-refractivity contribution in [2.24, 2.45) is 0 Å². The molecule has 1 heterocycles. The second-order valence-corrected chi connectivity index (χ2v) is 27.6. The third kappa shape index (κ3) is 45.1. The number of halogens is 1. The van der Waals surface area contributed by atoms with Crippen molar-refractivity contribution in [3.8, 4) is 0 Å². The van der Waals surface area contributed by atoms with Crippen LogP contribution in [0.15, 0.2) is 60.8 Å². The fourth-order valence-electron chi connectivity index (χ4n) is 4.16. The Morgan fingerprint density at radius 2 is 0.887 bits per heavy atom. The predicted octanol–water partition coefficient (Wildman–Crippen LogP) is 6.73. The van der Waals surface area contributed by atoms with Crippen LogP contribution < -0.4 is 0 Å². The maximum absolute atomic E-state index is 11.7. The lowest BCUT2D eigenvalue weighted by molar-refractivity contribution is -0.157. The topological polar surface area (TPSA) is 249 Å². The molecule has 0 bridgehead atoms. The minimum absolute atomic E-state index is 0.0890. The van der Waals surface area contributed by atoms with Crippen molar-refractivity contribution >= 4 is 66.4 Å². The zero-order valence-corrected chi connectivity index (χ0v) is 48.8. The first-order valence-electron chi connectivity index (χ1n) is 22.6. The van der Waals surface area contributed by atoms with E-state index < -0.39 is 67.0 Å². The molecule has 1 saturated heterocycles. The molecule has 0 saturated carbocycles. The van der Waals surface area contributed by atoms with Crippen LogP contribution in [0, 0.1) is 0 Å². The smallest absolute Gasteiger partial charge is 0.334 e. The second kappa shape index (κ2) is 43.2. The quantitative estimate of drug-likeness (QED) is 0.0129. The van der Waals surface area contributed by atoms with E-state index in [0.717, 1.165) is 57.2 Å². The average Bonchev–Trinajstić information content (AvgIpc) is 4.16. The lowest BCUT2D eigenvalue weighted by Crippen LogP contribution is -2.36. The van der Waals surface area contributed by atoms with Gasteiger partial charge in [0.2, 0.25) is 5.24 Å². The Morgan fingerprint density at radius 1 is 0.563 bits per heavy atom. The van der Waals surface area contributed by atoms with Gasteiger partial charge in [0, 0.05) is 90.3 Å². The summed E-state index contributed by atoms with van der Waals surface area (Å²) in [7, 11) is 3.99. The third-order valence-corrected chi connectivity index (χ3v) is 18.8. The Kier molecular flexibility index (Phi) is 45.2. The molecule has 24 heteroatoms. The van der Waals surface area contributed by atoms with Gasteiger partial charge in [-0.25, -0.2) is 19.2 Å². The van der Waals surface area contributed by atoms with Gasteiger partial charge in [-0.1, -0.05) is 32.9 Å². The van der Waals surface area contributed by atoms with Crippen molar-refractivity contribution in [1.29, 1.82) is 0 Å². The first-order valence-corrected chi connectivity index (χ1v) is 30.5. The van der Waals surface area contributed by atoms with Gasteiger partial charge in [0.05, 0.1) is 26.4 Å². The van der Waals surface area contributed by atoms with Crippen molar-refractivity contribution in [2.45, 2.75) is 110 Å². The van der Waals surface area contributed by atoms with Gasteiger partial charge in [-0.15, -0.1) is 0 Å². The molecule has 20 nitrogen and oxygen atoms in total. The van der Waals surface area contributed by atoms with Gasteiger partial charge in [0.15, 0.2) is 6.10 Å². The Labute approximate surface area is 431 Å². The zero-order chi connectivity index (χ0) is 55.8. The van der Waals surface area contributed by atoms with Crippen LogP contribution in [-0.4, -0.2) is 185 Å². The molecular formula is C47H87ClO20Si3. The Morgan fingerprint density at radius 3 is 1.18 bits per heavy atom. The van der Waals surface area contributed by atoms with Crippen molar-refractivity contribution in [3.05, 3.63) is 60.8 Å². The summed E-state index contributed by atoms with van der Waals surface area (Å²) in [6.45, 7) is 33.9. The highest BCUT2D eigenvalue weighted by Crippen LogP contribution is 2.16. The standard InChI is InChI=1S/C17H30O7Si.C13H26O6Si.C9H20O4Si.C4H5ClO.C4H6O2/c1-13(2)16(18)23-12-15(24-17(19)14(3)4)11-22-9-8-10-25(7,20-5)21-6;1-11(2)13(15)19-10-12(14)9-18-7-6-8-20(5,16-3)17-4;1-10-14(3,11-2)6-4-5-12-7-9-8-13-9;2*1-3(2)4(5)6/h15H,1,3,8-12H2,2,4-7H3;12,14H,1,6-10H2,2-5H3;9H,4-8H2,1-3H3;1H2,2H3;1H2,2H3,(H,5,6). The van der Waals surface area contributed by atoms with Gasteiger partial charge >= 0.3 is 49.6 Å². The summed E-state index contributed by atoms with van der Waals surface area (Å²) >= 11 is 4.87. The molecule has 1 aliphatic heterocycles. The summed E-state index contributed by atoms with van der Waals surface area (Å²) in [5, 5.41) is 17.0. The van der Waals surface area contributed by atoms with E-state index in [4.69, 9.17) is 76.4 Å². The lowest BCUT2D eigenvalue weighted by atomic mass is 10.3. The summed E-state index contributed by atoms with van der Waals surface area (Å²) in [6.07, 6.45) is 1.37. The van der Waals surface area contributed by atoms with Crippen LogP contribution in [0.3, 0.4) is 0 Å². The summed E-state index contributed by atoms with van der Waals surface area (Å²) in [5.41, 5.74) is 1.40. The van der Waals surface area contributed by atoms with Crippen molar-refractivity contribution in [3.63, 3.8) is 0 Å². The van der Waals surface area contributed by atoms with Crippen LogP contribution in [0.4, 0.5) is 0 Å². The van der Waals surface area contributed by atoms with Gasteiger partial charge in [-0.05, 0) is 103 Å². The number of aliphatic carboxylic acids is 1. The third-order valence-electron chi connectivity index (χ3n) is 9.50. The number of allylic oxidation sites excluding steroid dienone is 1. The molecule has 2 N–H and O–H groups in total. The number of epoxide rings is 1. The number of aliphatic hydroxyl groups excluding tert-OH is 1. The molecule has 3 atom stereocenters. The molecule has 0 spiro atoms. The minimum Gasteiger partial charge on any atom is -0.478 e. The van der Waals surface area contributed by atoms with E-state index in [1.54, 1.807) is 70.4 Å². The van der Waals surface area contributed by atoms with Gasteiger partial charge in [-0.3, -0.25) is 4.79 Å². The van der Waals surface area contributed by atoms with Crippen LogP contribution in [0.5, 0.6) is 0 Å². The molecule has 0 aliphatic carbocycles. The molecule has 0 aromatic carbocycles. The Hall–Kier alpha value is -3.25. The number of ether oxygens (including phenoxy) is 7. The summed E-state index contributed by atoms with van der Waals surface area (Å²) in [5.74, 6) is -2.54. The molecule has 0 aromatic rings. The number of carbonyl (C=O) groups is 5. The molecule has 0 amide bonds. The highest BCUT2D eigenvalue weighted by molar-refractivity contribution is 6.67. The molecular weight excluding hydrogens is 1000 g/mol. The highest BCUT2D eigenvalue weighted by Gasteiger charge is 2.30. The van der Waals surface area contributed by atoms with Gasteiger partial charge in [-0.2, -0.15) is 0 Å². The van der Waals surface area contributed by atoms with Crippen molar-refractivity contribution in [1.82, 2.24) is 0 Å². The SMILES string of the molecule is C=C(C)C(=O)Cl.C=C(C)C(=O)O.C=C(C)C(=O)OCC(COCCC[Si](C)(OC)OC)OC(=O)C(=C)C.C=C(C)C(=O)OCC(O)COCCC[Si](C)(OC)OC.CO[Si](C)(CCCOCC1CO1)OC. The van der Waals surface area contributed by atoms with E-state index >= 15 is 0 Å². The number of esters is 3. The molecule has 0 aromatic heterocycles. The van der Waals surface area contributed by atoms with E-state index in [-0.39, 0.29) is 43.1 Å². The summed E-state index contributed by atoms with van der Waals surface area (Å²) < 4.78 is 68.6. The number of carboxylic acids is 1. The van der Waals surface area contributed by atoms with E-state index in [1.807, 2.05) is 13.1 Å². The normalized spacial score (nSPS) is 13.5. The number of hydrogen-bond acceptors (Lipinski definition) is 19. The van der Waals surface area contributed by atoms with Crippen molar-refractivity contribution < 1.29 is 93.9 Å². The monoisotopic (exact) mass is 1090 g/mol. The average molecular weight is 1090 g/mol. The fourth-order valence-corrected chi connectivity index (χ4v) is 8.25. The van der Waals surface area contributed by atoms with Crippen LogP contribution >= 0.6 is 11.6 Å². The highest BCUT2D eigenvalue weighted by atomic mass is 35.5. The van der Waals surface area contributed by atoms with E-state index in [0.29, 0.717) is 30.5 Å². The van der Waals surface area contributed by atoms with Gasteiger partial charge in [0.25, 0.3) is 0 Å². The number of carbonyl (C=O) groups excluding carboxylic acids is 4. The molecule has 414 valence electrons.